The lowest BCUT2D eigenvalue weighted by Crippen LogP contribution is -2.38. The summed E-state index contributed by atoms with van der Waals surface area (Å²) >= 11 is 1.53. The summed E-state index contributed by atoms with van der Waals surface area (Å²) in [6.07, 6.45) is -2.70. The highest BCUT2D eigenvalue weighted by molar-refractivity contribution is 7.13. The maximum absolute atomic E-state index is 14.1. The Morgan fingerprint density at radius 3 is 2.55 bits per heavy atom. The molecule has 1 N–H and O–H groups in total. The summed E-state index contributed by atoms with van der Waals surface area (Å²) in [6, 6.07) is 3.87. The number of alkyl halides is 3. The number of hydrogen-bond donors (Lipinski definition) is 1. The molecule has 2 atom stereocenters. The molecule has 4 rings (SSSR count). The number of hydrogen-bond acceptors (Lipinski definition) is 8. The molecule has 0 saturated carbocycles. The van der Waals surface area contributed by atoms with Gasteiger partial charge in [-0.3, -0.25) is 9.36 Å². The molecule has 1 aromatic carbocycles. The Morgan fingerprint density at radius 1 is 1.21 bits per heavy atom. The van der Waals surface area contributed by atoms with Crippen molar-refractivity contribution >= 4 is 27.8 Å². The van der Waals surface area contributed by atoms with Gasteiger partial charge in [-0.1, -0.05) is 6.92 Å². The first-order valence-electron chi connectivity index (χ1n) is 12.6. The van der Waals surface area contributed by atoms with Crippen molar-refractivity contribution in [1.29, 1.82) is 0 Å². The van der Waals surface area contributed by atoms with Gasteiger partial charge in [-0.25, -0.2) is 9.97 Å². The Balaban J connectivity index is 1.78. The molecule has 0 bridgehead atoms. The van der Waals surface area contributed by atoms with E-state index in [1.54, 1.807) is 38.2 Å². The minimum atomic E-state index is -4.62. The van der Waals surface area contributed by atoms with Crippen LogP contribution in [0.25, 0.3) is 11.4 Å². The molecule has 1 saturated heterocycles. The molecule has 0 aliphatic carbocycles. The average molecular weight is 551 g/mol. The van der Waals surface area contributed by atoms with E-state index < -0.39 is 17.3 Å². The molecule has 1 aliphatic rings. The number of thiazole rings is 1. The van der Waals surface area contributed by atoms with Gasteiger partial charge >= 0.3 is 6.18 Å². The number of aromatic nitrogens is 3. The van der Waals surface area contributed by atoms with Crippen molar-refractivity contribution in [3.8, 4) is 11.4 Å². The van der Waals surface area contributed by atoms with E-state index in [9.17, 15) is 18.0 Å². The highest BCUT2D eigenvalue weighted by Gasteiger charge is 2.37. The second-order valence-corrected chi connectivity index (χ2v) is 10.1. The van der Waals surface area contributed by atoms with Crippen molar-refractivity contribution in [1.82, 2.24) is 14.5 Å². The van der Waals surface area contributed by atoms with Gasteiger partial charge in [-0.2, -0.15) is 13.2 Å². The molecule has 1 fully saturated rings. The van der Waals surface area contributed by atoms with Crippen LogP contribution in [0.15, 0.2) is 34.6 Å². The number of rotatable bonds is 9. The molecule has 8 nitrogen and oxygen atoms in total. The summed E-state index contributed by atoms with van der Waals surface area (Å²) in [6.45, 7) is 7.34. The molecule has 0 amide bonds. The lowest BCUT2D eigenvalue weighted by molar-refractivity contribution is -0.137. The van der Waals surface area contributed by atoms with Crippen molar-refractivity contribution in [3.63, 3.8) is 0 Å². The third-order valence-electron chi connectivity index (χ3n) is 6.63. The fourth-order valence-corrected chi connectivity index (χ4v) is 5.41. The van der Waals surface area contributed by atoms with Crippen LogP contribution in [0.3, 0.4) is 0 Å². The average Bonchev–Trinajstić information content (AvgIpc) is 3.55. The molecule has 12 heteroatoms. The highest BCUT2D eigenvalue weighted by atomic mass is 32.1. The summed E-state index contributed by atoms with van der Waals surface area (Å²) < 4.78 is 49.7. The molecule has 3 heterocycles. The summed E-state index contributed by atoms with van der Waals surface area (Å²) in [4.78, 5) is 26.5. The number of nitrogens with one attached hydrogen (secondary N) is 1. The molecule has 0 spiro atoms. The van der Waals surface area contributed by atoms with Crippen LogP contribution in [0.5, 0.6) is 0 Å². The van der Waals surface area contributed by atoms with Crippen molar-refractivity contribution in [2.75, 3.05) is 48.9 Å². The zero-order valence-electron chi connectivity index (χ0n) is 22.2. The Labute approximate surface area is 224 Å². The van der Waals surface area contributed by atoms with E-state index in [-0.39, 0.29) is 30.1 Å². The summed E-state index contributed by atoms with van der Waals surface area (Å²) in [5, 5.41) is 6.14. The predicted molar refractivity (Wildman–Crippen MR) is 145 cm³/mol. The van der Waals surface area contributed by atoms with Crippen LogP contribution < -0.4 is 20.7 Å². The van der Waals surface area contributed by atoms with Crippen LogP contribution in [0.4, 0.5) is 29.7 Å². The lowest BCUT2D eigenvalue weighted by atomic mass is 10.0. The minimum Gasteiger partial charge on any atom is -0.378 e. The normalized spacial score (nSPS) is 17.7. The van der Waals surface area contributed by atoms with E-state index in [0.29, 0.717) is 43.2 Å². The van der Waals surface area contributed by atoms with Crippen LogP contribution in [-0.4, -0.2) is 60.5 Å². The fraction of sp³-hybridized carbons (Fsp3) is 0.500. The largest absolute Gasteiger partial charge is 0.417 e. The molecular weight excluding hydrogens is 517 g/mol. The Morgan fingerprint density at radius 2 is 1.97 bits per heavy atom. The van der Waals surface area contributed by atoms with Gasteiger partial charge in [0.05, 0.1) is 23.4 Å². The van der Waals surface area contributed by atoms with Gasteiger partial charge in [0, 0.05) is 63.2 Å². The molecule has 0 unspecified atom stereocenters. The minimum absolute atomic E-state index is 0.00900. The van der Waals surface area contributed by atoms with E-state index in [0.717, 1.165) is 11.2 Å². The van der Waals surface area contributed by atoms with Crippen LogP contribution in [0.1, 0.15) is 32.0 Å². The standard InChI is InChI=1S/C26H33F3N6O2S/c1-6-19-22(31-20-14-34(15-21(20)37-8-3)25-30-11-12-38-25)24(36)35(7-2)23(32-19)17-10-9-16(33(4)5)13-18(17)26(27,28)29/h9-13,20-21,31H,6-8,14-15H2,1-5H3/t20-,21+/m1/s1. The SMILES string of the molecule is CCO[C@H]1CN(c2nccs2)C[C@H]1Nc1c(CC)nc(-c2ccc(N(C)C)cc2C(F)(F)F)n(CC)c1=O. The zero-order chi connectivity index (χ0) is 27.6. The molecule has 38 heavy (non-hydrogen) atoms. The van der Waals surface area contributed by atoms with Crippen molar-refractivity contribution in [2.24, 2.45) is 0 Å². The topological polar surface area (TPSA) is 75.5 Å². The predicted octanol–water partition coefficient (Wildman–Crippen LogP) is 4.74. The maximum atomic E-state index is 14.1. The number of ether oxygens (including phenoxy) is 1. The van der Waals surface area contributed by atoms with Gasteiger partial charge in [0.15, 0.2) is 5.13 Å². The first-order chi connectivity index (χ1) is 18.1. The second-order valence-electron chi connectivity index (χ2n) is 9.25. The van der Waals surface area contributed by atoms with Gasteiger partial charge in [0.1, 0.15) is 11.5 Å². The number of nitrogens with zero attached hydrogens (tertiary/aromatic N) is 5. The van der Waals surface area contributed by atoms with Crippen molar-refractivity contribution < 1.29 is 17.9 Å². The second kappa shape index (κ2) is 11.3. The lowest BCUT2D eigenvalue weighted by Gasteiger charge is -2.24. The molecule has 2 aromatic heterocycles. The quantitative estimate of drug-likeness (QED) is 0.413. The summed E-state index contributed by atoms with van der Waals surface area (Å²) in [7, 11) is 3.36. The number of anilines is 3. The Bertz CT molecular complexity index is 1310. The van der Waals surface area contributed by atoms with E-state index >= 15 is 0 Å². The van der Waals surface area contributed by atoms with Crippen LogP contribution in [-0.2, 0) is 23.9 Å². The van der Waals surface area contributed by atoms with Crippen molar-refractivity contribution in [3.05, 3.63) is 51.4 Å². The Hall–Kier alpha value is -3.12. The summed E-state index contributed by atoms with van der Waals surface area (Å²) in [5.74, 6) is 0.00900. The maximum Gasteiger partial charge on any atom is 0.417 e. The van der Waals surface area contributed by atoms with E-state index in [1.807, 2.05) is 19.2 Å². The van der Waals surface area contributed by atoms with Gasteiger partial charge in [0.2, 0.25) is 0 Å². The van der Waals surface area contributed by atoms with E-state index in [2.05, 4.69) is 20.2 Å². The third-order valence-corrected chi connectivity index (χ3v) is 7.46. The zero-order valence-corrected chi connectivity index (χ0v) is 23.0. The Kier molecular flexibility index (Phi) is 8.31. The van der Waals surface area contributed by atoms with E-state index in [1.165, 1.54) is 22.0 Å². The van der Waals surface area contributed by atoms with Crippen LogP contribution >= 0.6 is 11.3 Å². The molecular formula is C26H33F3N6O2S. The smallest absolute Gasteiger partial charge is 0.378 e. The molecule has 1 aliphatic heterocycles. The van der Waals surface area contributed by atoms with Gasteiger partial charge < -0.3 is 19.9 Å². The molecule has 0 radical (unpaired) electrons. The van der Waals surface area contributed by atoms with Gasteiger partial charge in [0.25, 0.3) is 5.56 Å². The number of aryl methyl sites for hydroxylation is 1. The van der Waals surface area contributed by atoms with Crippen molar-refractivity contribution in [2.45, 2.75) is 52.1 Å². The monoisotopic (exact) mass is 550 g/mol. The number of benzene rings is 1. The van der Waals surface area contributed by atoms with E-state index in [4.69, 9.17) is 4.74 Å². The first kappa shape index (κ1) is 27.9. The number of halogens is 3. The van der Waals surface area contributed by atoms with Crippen LogP contribution in [0.2, 0.25) is 0 Å². The van der Waals surface area contributed by atoms with Gasteiger partial charge in [-0.05, 0) is 38.5 Å². The molecule has 206 valence electrons. The molecule has 3 aromatic rings. The first-order valence-corrected chi connectivity index (χ1v) is 13.5. The highest BCUT2D eigenvalue weighted by Crippen LogP contribution is 2.39. The van der Waals surface area contributed by atoms with Crippen LogP contribution in [0, 0.1) is 0 Å². The third kappa shape index (κ3) is 5.51. The van der Waals surface area contributed by atoms with Gasteiger partial charge in [-0.15, -0.1) is 11.3 Å². The fourth-order valence-electron chi connectivity index (χ4n) is 4.75. The summed E-state index contributed by atoms with van der Waals surface area (Å²) in [5.41, 5.74) is -0.219.